The zero-order valence-corrected chi connectivity index (χ0v) is 33.8. The van der Waals surface area contributed by atoms with E-state index in [-0.39, 0.29) is 0 Å². The smallest absolute Gasteiger partial charge is 0.0342 e. The third-order valence-electron chi connectivity index (χ3n) is 5.16. The van der Waals surface area contributed by atoms with Gasteiger partial charge >= 0.3 is 0 Å². The predicted molar refractivity (Wildman–Crippen MR) is 208 cm³/mol. The third-order valence-corrected chi connectivity index (χ3v) is 15.2. The maximum absolute atomic E-state index is 2.52. The van der Waals surface area contributed by atoms with Gasteiger partial charge in [0.05, 0.1) is 0 Å². The van der Waals surface area contributed by atoms with Crippen molar-refractivity contribution in [2.24, 2.45) is 0 Å². The Morgan fingerprint density at radius 2 is 0.758 bits per heavy atom. The molecule has 0 saturated heterocycles. The number of hydrogen-bond donors (Lipinski definition) is 0. The van der Waals surface area contributed by atoms with Gasteiger partial charge < -0.3 is 0 Å². The van der Waals surface area contributed by atoms with Gasteiger partial charge in [-0.1, -0.05) is 24.3 Å². The van der Waals surface area contributed by atoms with Gasteiger partial charge in [0.15, 0.2) is 0 Å². The summed E-state index contributed by atoms with van der Waals surface area (Å²) in [6.07, 6.45) is 0.945. The molecular formula is C25H12I8. The Kier molecular flexibility index (Phi) is 11.1. The van der Waals surface area contributed by atoms with Gasteiger partial charge in [0.25, 0.3) is 0 Å². The maximum Gasteiger partial charge on any atom is 0.0342 e. The molecule has 0 radical (unpaired) electrons. The number of halogens is 8. The van der Waals surface area contributed by atoms with Gasteiger partial charge in [-0.15, -0.1) is 0 Å². The van der Waals surface area contributed by atoms with Gasteiger partial charge in [0.2, 0.25) is 0 Å². The molecule has 0 aliphatic rings. The van der Waals surface area contributed by atoms with Crippen LogP contribution in [-0.2, 0) is 6.42 Å². The molecule has 0 nitrogen and oxygen atoms in total. The average Bonchev–Trinajstić information content (AvgIpc) is 2.76. The molecule has 0 amide bonds. The molecule has 0 aliphatic carbocycles. The van der Waals surface area contributed by atoms with E-state index in [9.17, 15) is 0 Å². The van der Waals surface area contributed by atoms with Crippen molar-refractivity contribution in [2.75, 3.05) is 0 Å². The highest BCUT2D eigenvalue weighted by molar-refractivity contribution is 14.1. The van der Waals surface area contributed by atoms with E-state index in [1.165, 1.54) is 61.9 Å². The molecule has 4 aromatic carbocycles. The summed E-state index contributed by atoms with van der Waals surface area (Å²) < 4.78 is 10.5. The molecule has 33 heavy (non-hydrogen) atoms. The van der Waals surface area contributed by atoms with E-state index in [0.29, 0.717) is 0 Å². The lowest BCUT2D eigenvalue weighted by atomic mass is 9.98. The molecule has 4 aromatic rings. The number of rotatable bonds is 4. The molecule has 0 spiro atoms. The third kappa shape index (κ3) is 6.66. The maximum atomic E-state index is 2.52. The van der Waals surface area contributed by atoms with Gasteiger partial charge in [-0.05, 0) is 251 Å². The van der Waals surface area contributed by atoms with Crippen molar-refractivity contribution < 1.29 is 0 Å². The summed E-state index contributed by atoms with van der Waals surface area (Å²) in [6, 6.07) is 22.4. The highest BCUT2D eigenvalue weighted by Gasteiger charge is 2.17. The molecular weight excluding hydrogens is 1320 g/mol. The van der Waals surface area contributed by atoms with Crippen LogP contribution in [0, 0.1) is 28.6 Å². The summed E-state index contributed by atoms with van der Waals surface area (Å²) >= 11 is 19.8. The first-order valence-corrected chi connectivity index (χ1v) is 18.1. The van der Waals surface area contributed by atoms with E-state index in [4.69, 9.17) is 0 Å². The zero-order valence-electron chi connectivity index (χ0n) is 16.5. The van der Waals surface area contributed by atoms with Crippen LogP contribution in [0.2, 0.25) is 0 Å². The second kappa shape index (κ2) is 12.7. The van der Waals surface area contributed by atoms with E-state index in [0.717, 1.165) is 6.42 Å². The van der Waals surface area contributed by atoms with Gasteiger partial charge in [-0.3, -0.25) is 0 Å². The molecule has 4 rings (SSSR count). The summed E-state index contributed by atoms with van der Waals surface area (Å²) in [5.74, 6) is 0. The lowest BCUT2D eigenvalue weighted by Gasteiger charge is -2.16. The Bertz CT molecular complexity index is 1230. The molecule has 0 fully saturated rings. The molecule has 0 saturated carbocycles. The van der Waals surface area contributed by atoms with E-state index in [1.54, 1.807) is 0 Å². The van der Waals surface area contributed by atoms with Crippen molar-refractivity contribution in [2.45, 2.75) is 6.42 Å². The summed E-state index contributed by atoms with van der Waals surface area (Å²) in [6.45, 7) is 0. The van der Waals surface area contributed by atoms with Crippen LogP contribution in [0.1, 0.15) is 11.1 Å². The van der Waals surface area contributed by atoms with Gasteiger partial charge in [0, 0.05) is 35.0 Å². The van der Waals surface area contributed by atoms with E-state index >= 15 is 0 Å². The van der Waals surface area contributed by atoms with Crippen molar-refractivity contribution in [3.05, 3.63) is 100 Å². The van der Waals surface area contributed by atoms with Gasteiger partial charge in [-0.25, -0.2) is 0 Å². The van der Waals surface area contributed by atoms with Crippen LogP contribution in [0.4, 0.5) is 0 Å². The molecule has 8 heteroatoms. The highest BCUT2D eigenvalue weighted by atomic mass is 127. The minimum Gasteiger partial charge on any atom is -0.0605 e. The molecule has 0 heterocycles. The molecule has 168 valence electrons. The Hall–Kier alpha value is 2.72. The second-order valence-electron chi connectivity index (χ2n) is 7.22. The van der Waals surface area contributed by atoms with Crippen molar-refractivity contribution in [3.63, 3.8) is 0 Å². The van der Waals surface area contributed by atoms with E-state index in [2.05, 4.69) is 241 Å². The number of hydrogen-bond acceptors (Lipinski definition) is 0. The highest BCUT2D eigenvalue weighted by Crippen LogP contribution is 2.36. The number of benzene rings is 4. The van der Waals surface area contributed by atoms with Crippen molar-refractivity contribution >= 4 is 181 Å². The Morgan fingerprint density at radius 1 is 0.424 bits per heavy atom. The summed E-state index contributed by atoms with van der Waals surface area (Å²) in [4.78, 5) is 0. The van der Waals surface area contributed by atoms with Crippen LogP contribution in [0.15, 0.2) is 60.7 Å². The van der Waals surface area contributed by atoms with Crippen LogP contribution in [0.5, 0.6) is 0 Å². The fourth-order valence-electron chi connectivity index (χ4n) is 3.49. The largest absolute Gasteiger partial charge is 0.0605 e. The van der Waals surface area contributed by atoms with Crippen LogP contribution >= 0.6 is 181 Å². The summed E-state index contributed by atoms with van der Waals surface area (Å²) in [5, 5.41) is 0. The minimum atomic E-state index is 0.945. The topological polar surface area (TPSA) is 0 Å². The van der Waals surface area contributed by atoms with Crippen LogP contribution in [0.3, 0.4) is 0 Å². The predicted octanol–water partition coefficient (Wildman–Crippen LogP) is 11.4. The van der Waals surface area contributed by atoms with Crippen LogP contribution < -0.4 is 0 Å². The van der Waals surface area contributed by atoms with E-state index in [1.807, 2.05) is 0 Å². The minimum absolute atomic E-state index is 0.945. The lowest BCUT2D eigenvalue weighted by molar-refractivity contribution is 1.13. The Labute approximate surface area is 303 Å². The molecule has 0 unspecified atom stereocenters. The first kappa shape index (κ1) is 28.7. The second-order valence-corrected chi connectivity index (χ2v) is 16.3. The Morgan fingerprint density at radius 3 is 1.09 bits per heavy atom. The van der Waals surface area contributed by atoms with Crippen LogP contribution in [0.25, 0.3) is 22.3 Å². The Balaban J connectivity index is 1.72. The lowest BCUT2D eigenvalue weighted by Crippen LogP contribution is -2.02. The molecule has 0 N–H and O–H groups in total. The van der Waals surface area contributed by atoms with Crippen molar-refractivity contribution in [1.82, 2.24) is 0 Å². The van der Waals surface area contributed by atoms with Crippen LogP contribution in [-0.4, -0.2) is 0 Å². The molecule has 0 bridgehead atoms. The monoisotopic (exact) mass is 1330 g/mol. The first-order chi connectivity index (χ1) is 15.7. The molecule has 0 aromatic heterocycles. The molecule has 0 aliphatic heterocycles. The van der Waals surface area contributed by atoms with Gasteiger partial charge in [0.1, 0.15) is 0 Å². The molecule has 0 atom stereocenters. The zero-order chi connectivity index (χ0) is 23.9. The fourth-order valence-corrected chi connectivity index (χ4v) is 10.1. The SMILES string of the molecule is Ic1cccc(-c2cc(I)c(Cc3c(I)cc(-c4cccc(I)c4I)cc3I)c(I)c2)c1I. The average molecular weight is 1330 g/mol. The van der Waals surface area contributed by atoms with Crippen molar-refractivity contribution in [1.29, 1.82) is 0 Å². The normalized spacial score (nSPS) is 11.2. The summed E-state index contributed by atoms with van der Waals surface area (Å²) in [5.41, 5.74) is 8.03. The quantitative estimate of drug-likeness (QED) is 0.179. The standard InChI is InChI=1S/C25H12I8/c26-18-5-1-3-14(24(18)32)12-7-20(28)16(21(29)8-12)11-17-22(30)9-13(10-23(17)31)15-4-2-6-19(27)25(15)33/h1-10H,11H2. The summed E-state index contributed by atoms with van der Waals surface area (Å²) in [7, 11) is 0. The van der Waals surface area contributed by atoms with E-state index < -0.39 is 0 Å². The van der Waals surface area contributed by atoms with Gasteiger partial charge in [-0.2, -0.15) is 0 Å². The first-order valence-electron chi connectivity index (χ1n) is 9.52. The van der Waals surface area contributed by atoms with Crippen molar-refractivity contribution in [3.8, 4) is 22.3 Å². The fraction of sp³-hybridized carbons (Fsp3) is 0.0400.